The summed E-state index contributed by atoms with van der Waals surface area (Å²) >= 11 is 0. The zero-order chi connectivity index (χ0) is 22.6. The Morgan fingerprint density at radius 3 is 2.55 bits per heavy atom. The SMILES string of the molecule is CCOc1ncc(S(=O)(=O)N2CCN(CC)CC2)cc1C(=O)Nc1cn[nH]c1C(N)=O. The fourth-order valence-corrected chi connectivity index (χ4v) is 4.58. The Hall–Kier alpha value is -3.03. The molecule has 1 fully saturated rings. The molecule has 1 aliphatic rings. The number of ether oxygens (including phenoxy) is 1. The monoisotopic (exact) mass is 451 g/mol. The number of pyridine rings is 1. The van der Waals surface area contributed by atoms with Crippen molar-refractivity contribution >= 4 is 27.5 Å². The maximum absolute atomic E-state index is 13.1. The standard InChI is InChI=1S/C18H25N7O5S/c1-3-24-5-7-25(8-6-24)31(28,29)12-9-13(18(20-10-12)30-4-2)17(27)22-14-11-21-23-15(14)16(19)26/h9-11H,3-8H2,1-2H3,(H2,19,26)(H,21,23)(H,22,27). The first-order chi connectivity index (χ1) is 14.8. The van der Waals surface area contributed by atoms with E-state index in [1.54, 1.807) is 6.92 Å². The lowest BCUT2D eigenvalue weighted by molar-refractivity contribution is 0.0996. The number of piperazine rings is 1. The van der Waals surface area contributed by atoms with Gasteiger partial charge in [-0.2, -0.15) is 9.40 Å². The third kappa shape index (κ3) is 4.84. The van der Waals surface area contributed by atoms with Crippen LogP contribution in [0.15, 0.2) is 23.4 Å². The number of aromatic nitrogens is 3. The summed E-state index contributed by atoms with van der Waals surface area (Å²) in [6.45, 7) is 6.76. The summed E-state index contributed by atoms with van der Waals surface area (Å²) in [5.74, 6) is -1.55. The van der Waals surface area contributed by atoms with E-state index in [0.29, 0.717) is 26.2 Å². The largest absolute Gasteiger partial charge is 0.477 e. The van der Waals surface area contributed by atoms with E-state index < -0.39 is 21.8 Å². The van der Waals surface area contributed by atoms with Gasteiger partial charge in [0, 0.05) is 26.2 Å². The average molecular weight is 452 g/mol. The van der Waals surface area contributed by atoms with Crippen LogP contribution in [0.5, 0.6) is 5.88 Å². The lowest BCUT2D eigenvalue weighted by Crippen LogP contribution is -2.48. The molecule has 31 heavy (non-hydrogen) atoms. The molecule has 0 aromatic carbocycles. The fourth-order valence-electron chi connectivity index (χ4n) is 3.18. The number of likely N-dealkylation sites (N-methyl/N-ethyl adjacent to an activating group) is 1. The lowest BCUT2D eigenvalue weighted by Gasteiger charge is -2.33. The number of rotatable bonds is 8. The second-order valence-electron chi connectivity index (χ2n) is 6.77. The number of primary amides is 1. The van der Waals surface area contributed by atoms with Gasteiger partial charge in [0.2, 0.25) is 15.9 Å². The molecule has 1 aliphatic heterocycles. The molecular formula is C18H25N7O5S. The van der Waals surface area contributed by atoms with Crippen molar-refractivity contribution in [2.45, 2.75) is 18.7 Å². The van der Waals surface area contributed by atoms with E-state index >= 15 is 0 Å². The van der Waals surface area contributed by atoms with Gasteiger partial charge in [0.05, 0.1) is 24.7 Å². The van der Waals surface area contributed by atoms with Crippen molar-refractivity contribution in [2.24, 2.45) is 5.73 Å². The maximum atomic E-state index is 13.1. The number of carbonyl (C=O) groups is 2. The summed E-state index contributed by atoms with van der Waals surface area (Å²) in [5, 5.41) is 8.57. The van der Waals surface area contributed by atoms with Crippen molar-refractivity contribution in [3.63, 3.8) is 0 Å². The zero-order valence-electron chi connectivity index (χ0n) is 17.3. The van der Waals surface area contributed by atoms with Crippen molar-refractivity contribution < 1.29 is 22.7 Å². The molecule has 1 saturated heterocycles. The molecule has 0 bridgehead atoms. The van der Waals surface area contributed by atoms with Crippen LogP contribution in [-0.4, -0.2) is 83.9 Å². The molecule has 0 atom stereocenters. The van der Waals surface area contributed by atoms with Crippen LogP contribution in [0.4, 0.5) is 5.69 Å². The number of nitrogens with two attached hydrogens (primary N) is 1. The third-order valence-electron chi connectivity index (χ3n) is 4.90. The van der Waals surface area contributed by atoms with Crippen molar-refractivity contribution in [3.05, 3.63) is 29.7 Å². The fraction of sp³-hybridized carbons (Fsp3) is 0.444. The number of anilines is 1. The highest BCUT2D eigenvalue weighted by atomic mass is 32.2. The number of hydrogen-bond donors (Lipinski definition) is 3. The molecule has 0 unspecified atom stereocenters. The van der Waals surface area contributed by atoms with Gasteiger partial charge in [-0.05, 0) is 19.5 Å². The van der Waals surface area contributed by atoms with Gasteiger partial charge in [-0.1, -0.05) is 6.92 Å². The first-order valence-electron chi connectivity index (χ1n) is 9.77. The molecule has 13 heteroatoms. The van der Waals surface area contributed by atoms with E-state index in [1.165, 1.54) is 22.8 Å². The number of aromatic amines is 1. The molecule has 168 valence electrons. The summed E-state index contributed by atoms with van der Waals surface area (Å²) in [6, 6.07) is 1.22. The molecular weight excluding hydrogens is 426 g/mol. The van der Waals surface area contributed by atoms with Gasteiger partial charge in [-0.25, -0.2) is 13.4 Å². The number of hydrogen-bond acceptors (Lipinski definition) is 8. The molecule has 0 aliphatic carbocycles. The van der Waals surface area contributed by atoms with E-state index in [1.807, 2.05) is 6.92 Å². The highest BCUT2D eigenvalue weighted by Crippen LogP contribution is 2.24. The van der Waals surface area contributed by atoms with Crippen LogP contribution in [-0.2, 0) is 10.0 Å². The molecule has 3 heterocycles. The maximum Gasteiger partial charge on any atom is 0.268 e. The number of nitrogens with zero attached hydrogens (tertiary/aromatic N) is 4. The Labute approximate surface area is 179 Å². The molecule has 12 nitrogen and oxygen atoms in total. The predicted molar refractivity (Wildman–Crippen MR) is 111 cm³/mol. The van der Waals surface area contributed by atoms with Crippen molar-refractivity contribution in [1.29, 1.82) is 0 Å². The molecule has 0 spiro atoms. The van der Waals surface area contributed by atoms with E-state index in [9.17, 15) is 18.0 Å². The predicted octanol–water partition coefficient (Wildman–Crippen LogP) is -0.119. The van der Waals surface area contributed by atoms with Crippen LogP contribution < -0.4 is 15.8 Å². The van der Waals surface area contributed by atoms with E-state index in [-0.39, 0.29) is 34.3 Å². The summed E-state index contributed by atoms with van der Waals surface area (Å²) in [6.07, 6.45) is 2.40. The number of amides is 2. The van der Waals surface area contributed by atoms with Gasteiger partial charge in [0.15, 0.2) is 0 Å². The van der Waals surface area contributed by atoms with Gasteiger partial charge >= 0.3 is 0 Å². The average Bonchev–Trinajstić information content (AvgIpc) is 3.22. The minimum absolute atomic E-state index is 0.0288. The second-order valence-corrected chi connectivity index (χ2v) is 8.71. The number of sulfonamides is 1. The van der Waals surface area contributed by atoms with E-state index in [4.69, 9.17) is 10.5 Å². The number of carbonyl (C=O) groups excluding carboxylic acids is 2. The molecule has 2 aromatic heterocycles. The Morgan fingerprint density at radius 2 is 1.94 bits per heavy atom. The topological polar surface area (TPSA) is 164 Å². The Morgan fingerprint density at radius 1 is 1.23 bits per heavy atom. The number of H-pyrrole nitrogens is 1. The first-order valence-corrected chi connectivity index (χ1v) is 11.2. The molecule has 2 amide bonds. The van der Waals surface area contributed by atoms with Gasteiger partial charge in [0.25, 0.3) is 11.8 Å². The minimum atomic E-state index is -3.85. The highest BCUT2D eigenvalue weighted by molar-refractivity contribution is 7.89. The van der Waals surface area contributed by atoms with Crippen LogP contribution in [0.2, 0.25) is 0 Å². The van der Waals surface area contributed by atoms with E-state index in [0.717, 1.165) is 6.54 Å². The lowest BCUT2D eigenvalue weighted by atomic mass is 10.2. The summed E-state index contributed by atoms with van der Waals surface area (Å²) < 4.78 is 33.0. The minimum Gasteiger partial charge on any atom is -0.477 e. The second kappa shape index (κ2) is 9.41. The summed E-state index contributed by atoms with van der Waals surface area (Å²) in [7, 11) is -3.85. The van der Waals surface area contributed by atoms with Crippen LogP contribution in [0.1, 0.15) is 34.7 Å². The van der Waals surface area contributed by atoms with Crippen molar-refractivity contribution in [3.8, 4) is 5.88 Å². The van der Waals surface area contributed by atoms with Gasteiger partial charge in [-0.15, -0.1) is 0 Å². The van der Waals surface area contributed by atoms with Gasteiger partial charge in [-0.3, -0.25) is 14.7 Å². The van der Waals surface area contributed by atoms with Gasteiger partial charge in [0.1, 0.15) is 16.2 Å². The molecule has 4 N–H and O–H groups in total. The van der Waals surface area contributed by atoms with Crippen molar-refractivity contribution in [1.82, 2.24) is 24.4 Å². The van der Waals surface area contributed by atoms with Gasteiger partial charge < -0.3 is 20.7 Å². The Bertz CT molecular complexity index is 1060. The smallest absolute Gasteiger partial charge is 0.268 e. The Kier molecular flexibility index (Phi) is 6.87. The normalized spacial score (nSPS) is 15.5. The third-order valence-corrected chi connectivity index (χ3v) is 6.77. The first kappa shape index (κ1) is 22.7. The zero-order valence-corrected chi connectivity index (χ0v) is 18.1. The summed E-state index contributed by atoms with van der Waals surface area (Å²) in [4.78, 5) is 30.4. The summed E-state index contributed by atoms with van der Waals surface area (Å²) in [5.41, 5.74) is 5.13. The van der Waals surface area contributed by atoms with Crippen LogP contribution in [0, 0.1) is 0 Å². The van der Waals surface area contributed by atoms with Crippen LogP contribution >= 0.6 is 0 Å². The molecule has 0 saturated carbocycles. The Balaban J connectivity index is 1.91. The van der Waals surface area contributed by atoms with Crippen molar-refractivity contribution in [2.75, 3.05) is 44.6 Å². The molecule has 2 aromatic rings. The van der Waals surface area contributed by atoms with Crippen LogP contribution in [0.3, 0.4) is 0 Å². The number of nitrogens with one attached hydrogen (secondary N) is 2. The van der Waals surface area contributed by atoms with E-state index in [2.05, 4.69) is 25.4 Å². The molecule has 0 radical (unpaired) electrons. The van der Waals surface area contributed by atoms with Crippen LogP contribution in [0.25, 0.3) is 0 Å². The molecule has 3 rings (SSSR count). The highest BCUT2D eigenvalue weighted by Gasteiger charge is 2.30. The quantitative estimate of drug-likeness (QED) is 0.500.